The molecule has 0 unspecified atom stereocenters. The normalized spacial score (nSPS) is 27.8. The lowest BCUT2D eigenvalue weighted by molar-refractivity contribution is 0.221. The molecule has 0 atom stereocenters. The van der Waals surface area contributed by atoms with Crippen molar-refractivity contribution in [2.75, 3.05) is 0 Å². The zero-order chi connectivity index (χ0) is 11.9. The maximum absolute atomic E-state index is 4.61. The summed E-state index contributed by atoms with van der Waals surface area (Å²) in [5, 5.41) is 3.42. The van der Waals surface area contributed by atoms with E-state index >= 15 is 0 Å². The molecule has 3 rings (SSSR count). The Morgan fingerprint density at radius 2 is 1.94 bits per heavy atom. The second kappa shape index (κ2) is 3.95. The van der Waals surface area contributed by atoms with Crippen LogP contribution in [0.3, 0.4) is 0 Å². The Hall–Kier alpha value is -1.15. The van der Waals surface area contributed by atoms with E-state index in [0.29, 0.717) is 11.3 Å². The number of aromatic nitrogens is 1. The molecule has 0 N–H and O–H groups in total. The molecule has 2 heteroatoms. The molecular weight excluding hydrogens is 226 g/mol. The molecule has 2 aromatic rings. The maximum Gasteiger partial charge on any atom is 0.0897 e. The van der Waals surface area contributed by atoms with E-state index in [0.717, 1.165) is 0 Å². The van der Waals surface area contributed by atoms with Gasteiger partial charge in [-0.1, -0.05) is 37.3 Å². The highest BCUT2D eigenvalue weighted by molar-refractivity contribution is 7.09. The summed E-state index contributed by atoms with van der Waals surface area (Å²) in [5.74, 6) is 0.671. The van der Waals surface area contributed by atoms with Crippen molar-refractivity contribution in [1.29, 1.82) is 0 Å². The lowest BCUT2D eigenvalue weighted by Gasteiger charge is -2.45. The fourth-order valence-electron chi connectivity index (χ4n) is 2.88. The largest absolute Gasteiger partial charge is 0.246 e. The summed E-state index contributed by atoms with van der Waals surface area (Å²) in [4.78, 5) is 4.61. The molecule has 1 aromatic carbocycles. The molecular formula is C15H17NS. The van der Waals surface area contributed by atoms with Crippen LogP contribution in [-0.4, -0.2) is 4.98 Å². The van der Waals surface area contributed by atoms with Crippen molar-refractivity contribution < 1.29 is 0 Å². The van der Waals surface area contributed by atoms with Gasteiger partial charge in [0.05, 0.1) is 10.7 Å². The molecule has 1 nitrogen and oxygen atoms in total. The first-order valence-corrected chi connectivity index (χ1v) is 7.03. The Kier molecular flexibility index (Phi) is 2.55. The molecule has 1 aromatic heterocycles. The molecule has 1 heterocycles. The van der Waals surface area contributed by atoms with E-state index < -0.39 is 0 Å². The zero-order valence-electron chi connectivity index (χ0n) is 10.3. The van der Waals surface area contributed by atoms with Crippen LogP contribution in [0.5, 0.6) is 0 Å². The third-order valence-electron chi connectivity index (χ3n) is 3.92. The van der Waals surface area contributed by atoms with Crippen molar-refractivity contribution in [2.45, 2.75) is 38.0 Å². The van der Waals surface area contributed by atoms with Crippen LogP contribution in [0.1, 0.15) is 41.9 Å². The van der Waals surface area contributed by atoms with Gasteiger partial charge in [0.15, 0.2) is 0 Å². The Bertz CT molecular complexity index is 509. The quantitative estimate of drug-likeness (QED) is 0.767. The third-order valence-corrected chi connectivity index (χ3v) is 4.71. The molecule has 0 saturated heterocycles. The minimum atomic E-state index is 0.365. The summed E-state index contributed by atoms with van der Waals surface area (Å²) < 4.78 is 0. The van der Waals surface area contributed by atoms with Crippen molar-refractivity contribution in [3.8, 4) is 0 Å². The van der Waals surface area contributed by atoms with Gasteiger partial charge in [-0.25, -0.2) is 4.98 Å². The lowest BCUT2D eigenvalue weighted by Crippen LogP contribution is -2.37. The maximum atomic E-state index is 4.61. The van der Waals surface area contributed by atoms with E-state index in [4.69, 9.17) is 0 Å². The molecule has 0 aliphatic heterocycles. The summed E-state index contributed by atoms with van der Waals surface area (Å²) in [6.45, 7) is 4.46. The smallest absolute Gasteiger partial charge is 0.0897 e. The SMILES string of the molecule is Cc1nc(C2CC(C)(c3ccccc3)C2)cs1. The minimum Gasteiger partial charge on any atom is -0.246 e. The highest BCUT2D eigenvalue weighted by atomic mass is 32.1. The van der Waals surface area contributed by atoms with Crippen LogP contribution in [0.2, 0.25) is 0 Å². The lowest BCUT2D eigenvalue weighted by atomic mass is 9.59. The number of nitrogens with zero attached hydrogens (tertiary/aromatic N) is 1. The van der Waals surface area contributed by atoms with E-state index in [1.165, 1.54) is 29.1 Å². The molecule has 0 spiro atoms. The first kappa shape index (κ1) is 11.0. The topological polar surface area (TPSA) is 12.9 Å². The van der Waals surface area contributed by atoms with Crippen LogP contribution < -0.4 is 0 Å². The van der Waals surface area contributed by atoms with Gasteiger partial charge in [-0.3, -0.25) is 0 Å². The van der Waals surface area contributed by atoms with Crippen LogP contribution in [0, 0.1) is 6.92 Å². The van der Waals surface area contributed by atoms with Crippen LogP contribution in [0.4, 0.5) is 0 Å². The molecule has 0 radical (unpaired) electrons. The van der Waals surface area contributed by atoms with Gasteiger partial charge in [0.1, 0.15) is 0 Å². The minimum absolute atomic E-state index is 0.365. The molecule has 1 aliphatic carbocycles. The summed E-state index contributed by atoms with van der Waals surface area (Å²) in [6, 6.07) is 10.9. The van der Waals surface area contributed by atoms with Crippen LogP contribution in [0.25, 0.3) is 0 Å². The van der Waals surface area contributed by atoms with Crippen LogP contribution in [-0.2, 0) is 5.41 Å². The highest BCUT2D eigenvalue weighted by Gasteiger charge is 2.42. The van der Waals surface area contributed by atoms with E-state index in [1.807, 2.05) is 0 Å². The van der Waals surface area contributed by atoms with Gasteiger partial charge in [0, 0.05) is 11.3 Å². The summed E-state index contributed by atoms with van der Waals surface area (Å²) in [6.07, 6.45) is 2.47. The second-order valence-electron chi connectivity index (χ2n) is 5.32. The molecule has 0 bridgehead atoms. The molecule has 1 fully saturated rings. The van der Waals surface area contributed by atoms with Crippen molar-refractivity contribution in [2.24, 2.45) is 0 Å². The van der Waals surface area contributed by atoms with Gasteiger partial charge in [-0.15, -0.1) is 11.3 Å². The number of aryl methyl sites for hydroxylation is 1. The van der Waals surface area contributed by atoms with E-state index in [9.17, 15) is 0 Å². The number of rotatable bonds is 2. The average Bonchev–Trinajstić information content (AvgIpc) is 2.73. The summed E-state index contributed by atoms with van der Waals surface area (Å²) in [5.41, 5.74) is 3.15. The molecule has 1 aliphatic rings. The zero-order valence-corrected chi connectivity index (χ0v) is 11.1. The van der Waals surface area contributed by atoms with Gasteiger partial charge < -0.3 is 0 Å². The first-order chi connectivity index (χ1) is 8.17. The average molecular weight is 243 g/mol. The number of hydrogen-bond acceptors (Lipinski definition) is 2. The van der Waals surface area contributed by atoms with Gasteiger partial charge in [-0.05, 0) is 30.7 Å². The third kappa shape index (κ3) is 1.91. The van der Waals surface area contributed by atoms with E-state index in [-0.39, 0.29) is 0 Å². The van der Waals surface area contributed by atoms with Gasteiger partial charge in [-0.2, -0.15) is 0 Å². The standard InChI is InChI=1S/C15H17NS/c1-11-16-14(10-17-11)12-8-15(2,9-12)13-6-4-3-5-7-13/h3-7,10,12H,8-9H2,1-2H3. The van der Waals surface area contributed by atoms with Crippen LogP contribution >= 0.6 is 11.3 Å². The Morgan fingerprint density at radius 3 is 2.53 bits per heavy atom. The Morgan fingerprint density at radius 1 is 1.24 bits per heavy atom. The predicted molar refractivity (Wildman–Crippen MR) is 72.6 cm³/mol. The predicted octanol–water partition coefficient (Wildman–Crippen LogP) is 4.29. The van der Waals surface area contributed by atoms with E-state index in [2.05, 4.69) is 54.5 Å². The number of thiazole rings is 1. The monoisotopic (exact) mass is 243 g/mol. The van der Waals surface area contributed by atoms with Gasteiger partial charge >= 0.3 is 0 Å². The fourth-order valence-corrected chi connectivity index (χ4v) is 3.58. The second-order valence-corrected chi connectivity index (χ2v) is 6.39. The van der Waals surface area contributed by atoms with Gasteiger partial charge in [0.2, 0.25) is 0 Å². The van der Waals surface area contributed by atoms with Crippen LogP contribution in [0.15, 0.2) is 35.7 Å². The number of benzene rings is 1. The molecule has 88 valence electrons. The van der Waals surface area contributed by atoms with Crippen molar-refractivity contribution >= 4 is 11.3 Å². The highest BCUT2D eigenvalue weighted by Crippen LogP contribution is 2.52. The molecule has 0 amide bonds. The van der Waals surface area contributed by atoms with E-state index in [1.54, 1.807) is 11.3 Å². The molecule has 1 saturated carbocycles. The summed E-state index contributed by atoms with van der Waals surface area (Å²) in [7, 11) is 0. The summed E-state index contributed by atoms with van der Waals surface area (Å²) >= 11 is 1.77. The van der Waals surface area contributed by atoms with Crippen molar-refractivity contribution in [3.05, 3.63) is 52.0 Å². The number of hydrogen-bond donors (Lipinski definition) is 0. The first-order valence-electron chi connectivity index (χ1n) is 6.15. The van der Waals surface area contributed by atoms with Crippen molar-refractivity contribution in [3.63, 3.8) is 0 Å². The fraction of sp³-hybridized carbons (Fsp3) is 0.400. The molecule has 17 heavy (non-hydrogen) atoms. The Balaban J connectivity index is 1.75. The Labute approximate surface area is 107 Å². The van der Waals surface area contributed by atoms with Gasteiger partial charge in [0.25, 0.3) is 0 Å². The van der Waals surface area contributed by atoms with Crippen molar-refractivity contribution in [1.82, 2.24) is 4.98 Å².